The lowest BCUT2D eigenvalue weighted by Gasteiger charge is -2.25. The molecular weight excluding hydrogens is 200 g/mol. The molecule has 1 N–H and O–H groups in total. The Hall–Kier alpha value is -1.02. The number of aryl methyl sites for hydroxylation is 2. The Kier molecular flexibility index (Phi) is 2.70. The second kappa shape index (κ2) is 3.77. The van der Waals surface area contributed by atoms with Gasteiger partial charge in [0.2, 0.25) is 0 Å². The molecule has 2 rings (SSSR count). The smallest absolute Gasteiger partial charge is 0.124 e. The molecule has 1 saturated carbocycles. The predicted octanol–water partition coefficient (Wildman–Crippen LogP) is 2.93. The third-order valence-corrected chi connectivity index (χ3v) is 3.62. The molecule has 1 aromatic carbocycles. The molecule has 88 valence electrons. The summed E-state index contributed by atoms with van der Waals surface area (Å²) >= 11 is 0. The van der Waals surface area contributed by atoms with Crippen molar-refractivity contribution in [1.82, 2.24) is 0 Å². The molecule has 0 saturated heterocycles. The monoisotopic (exact) mass is 220 g/mol. The molecule has 0 heterocycles. The summed E-state index contributed by atoms with van der Waals surface area (Å²) in [6.45, 7) is 5.97. The molecule has 2 heteroatoms. The van der Waals surface area contributed by atoms with Crippen LogP contribution < -0.4 is 4.74 Å². The second-order valence-electron chi connectivity index (χ2n) is 5.07. The number of ether oxygens (including phenoxy) is 1. The molecule has 1 unspecified atom stereocenters. The maximum atomic E-state index is 10.5. The van der Waals surface area contributed by atoms with Gasteiger partial charge in [0.25, 0.3) is 0 Å². The van der Waals surface area contributed by atoms with E-state index in [1.54, 1.807) is 7.11 Å². The van der Waals surface area contributed by atoms with Crippen molar-refractivity contribution in [3.63, 3.8) is 0 Å². The van der Waals surface area contributed by atoms with Crippen molar-refractivity contribution in [1.29, 1.82) is 0 Å². The number of methoxy groups -OCH3 is 1. The molecule has 0 bridgehead atoms. The van der Waals surface area contributed by atoms with Crippen molar-refractivity contribution in [2.45, 2.75) is 39.2 Å². The zero-order valence-corrected chi connectivity index (χ0v) is 10.5. The van der Waals surface area contributed by atoms with Gasteiger partial charge >= 0.3 is 0 Å². The molecule has 2 nitrogen and oxygen atoms in total. The average molecular weight is 220 g/mol. The Morgan fingerprint density at radius 3 is 2.12 bits per heavy atom. The third kappa shape index (κ3) is 1.82. The minimum absolute atomic E-state index is 0.430. The summed E-state index contributed by atoms with van der Waals surface area (Å²) in [5, 5.41) is 10.5. The molecule has 1 aliphatic rings. The van der Waals surface area contributed by atoms with Crippen molar-refractivity contribution < 1.29 is 9.84 Å². The number of hydrogen-bond acceptors (Lipinski definition) is 2. The highest BCUT2D eigenvalue weighted by Gasteiger charge is 2.41. The van der Waals surface area contributed by atoms with E-state index in [0.29, 0.717) is 5.92 Å². The quantitative estimate of drug-likeness (QED) is 0.848. The summed E-state index contributed by atoms with van der Waals surface area (Å²) in [5.41, 5.74) is 2.53. The third-order valence-electron chi connectivity index (χ3n) is 3.62. The first-order valence-corrected chi connectivity index (χ1v) is 5.85. The van der Waals surface area contributed by atoms with Crippen molar-refractivity contribution in [3.8, 4) is 5.75 Å². The molecular formula is C14H20O2. The van der Waals surface area contributed by atoms with E-state index in [-0.39, 0.29) is 0 Å². The van der Waals surface area contributed by atoms with Gasteiger partial charge in [-0.2, -0.15) is 0 Å². The molecule has 1 atom stereocenters. The van der Waals surface area contributed by atoms with E-state index in [9.17, 15) is 5.11 Å². The van der Waals surface area contributed by atoms with Gasteiger partial charge in [-0.05, 0) is 68.4 Å². The Morgan fingerprint density at radius 1 is 1.25 bits per heavy atom. The van der Waals surface area contributed by atoms with Crippen molar-refractivity contribution in [3.05, 3.63) is 28.8 Å². The van der Waals surface area contributed by atoms with Crippen molar-refractivity contribution in [2.75, 3.05) is 7.11 Å². The Labute approximate surface area is 97.3 Å². The molecule has 0 radical (unpaired) electrons. The van der Waals surface area contributed by atoms with Crippen LogP contribution in [0.1, 0.15) is 36.5 Å². The van der Waals surface area contributed by atoms with Gasteiger partial charge in [0.05, 0.1) is 12.7 Å². The summed E-state index contributed by atoms with van der Waals surface area (Å²) in [7, 11) is 1.69. The molecule has 1 aliphatic carbocycles. The van der Waals surface area contributed by atoms with Crippen LogP contribution in [-0.2, 0) is 5.60 Å². The Bertz CT molecular complexity index is 380. The highest BCUT2D eigenvalue weighted by atomic mass is 16.5. The van der Waals surface area contributed by atoms with Crippen LogP contribution in [0.4, 0.5) is 0 Å². The zero-order valence-electron chi connectivity index (χ0n) is 10.5. The van der Waals surface area contributed by atoms with Crippen LogP contribution in [0.5, 0.6) is 5.75 Å². The zero-order chi connectivity index (χ0) is 11.9. The minimum Gasteiger partial charge on any atom is -0.496 e. The number of rotatable bonds is 3. The van der Waals surface area contributed by atoms with Crippen LogP contribution in [0.25, 0.3) is 0 Å². The highest BCUT2D eigenvalue weighted by molar-refractivity contribution is 5.45. The lowest BCUT2D eigenvalue weighted by Crippen LogP contribution is -2.24. The first kappa shape index (κ1) is 11.5. The molecule has 0 aromatic heterocycles. The topological polar surface area (TPSA) is 29.5 Å². The van der Waals surface area contributed by atoms with Gasteiger partial charge < -0.3 is 9.84 Å². The van der Waals surface area contributed by atoms with Crippen LogP contribution in [0.3, 0.4) is 0 Å². The van der Waals surface area contributed by atoms with Crippen LogP contribution >= 0.6 is 0 Å². The van der Waals surface area contributed by atoms with Gasteiger partial charge in [0.1, 0.15) is 5.75 Å². The predicted molar refractivity (Wildman–Crippen MR) is 64.8 cm³/mol. The van der Waals surface area contributed by atoms with Gasteiger partial charge in [-0.1, -0.05) is 0 Å². The summed E-state index contributed by atoms with van der Waals surface area (Å²) in [6, 6.07) is 4.09. The molecule has 1 fully saturated rings. The van der Waals surface area contributed by atoms with E-state index < -0.39 is 5.60 Å². The van der Waals surface area contributed by atoms with Crippen LogP contribution in [0.15, 0.2) is 12.1 Å². The number of hydrogen-bond donors (Lipinski definition) is 1. The minimum atomic E-state index is -0.679. The van der Waals surface area contributed by atoms with E-state index in [1.807, 2.05) is 32.9 Å². The van der Waals surface area contributed by atoms with Gasteiger partial charge in [0.15, 0.2) is 0 Å². The number of aliphatic hydroxyl groups is 1. The molecule has 0 aliphatic heterocycles. The first-order valence-electron chi connectivity index (χ1n) is 5.85. The number of benzene rings is 1. The normalized spacial score (nSPS) is 19.3. The lowest BCUT2D eigenvalue weighted by molar-refractivity contribution is 0.0329. The summed E-state index contributed by atoms with van der Waals surface area (Å²) in [6.07, 6.45) is 2.27. The van der Waals surface area contributed by atoms with E-state index >= 15 is 0 Å². The molecule has 0 spiro atoms. The van der Waals surface area contributed by atoms with Crippen LogP contribution in [0, 0.1) is 19.8 Å². The highest BCUT2D eigenvalue weighted by Crippen LogP contribution is 2.46. The van der Waals surface area contributed by atoms with Gasteiger partial charge in [0, 0.05) is 0 Å². The lowest BCUT2D eigenvalue weighted by atomic mass is 9.88. The molecule has 1 aromatic rings. The van der Waals surface area contributed by atoms with Gasteiger partial charge in [-0.3, -0.25) is 0 Å². The Balaban J connectivity index is 2.43. The summed E-state index contributed by atoms with van der Waals surface area (Å²) in [5.74, 6) is 1.36. The van der Waals surface area contributed by atoms with E-state index in [0.717, 1.165) is 35.3 Å². The maximum Gasteiger partial charge on any atom is 0.124 e. The SMILES string of the molecule is COc1c(C)cc(C(C)(O)C2CC2)cc1C. The van der Waals surface area contributed by atoms with Crippen LogP contribution in [0.2, 0.25) is 0 Å². The van der Waals surface area contributed by atoms with E-state index in [2.05, 4.69) is 0 Å². The van der Waals surface area contributed by atoms with Crippen LogP contribution in [-0.4, -0.2) is 12.2 Å². The van der Waals surface area contributed by atoms with Crippen molar-refractivity contribution in [2.24, 2.45) is 5.92 Å². The van der Waals surface area contributed by atoms with Gasteiger partial charge in [-0.25, -0.2) is 0 Å². The average Bonchev–Trinajstić information content (AvgIpc) is 3.00. The fraction of sp³-hybridized carbons (Fsp3) is 0.571. The molecule has 0 amide bonds. The van der Waals surface area contributed by atoms with E-state index in [1.165, 1.54) is 0 Å². The summed E-state index contributed by atoms with van der Waals surface area (Å²) < 4.78 is 5.34. The summed E-state index contributed by atoms with van der Waals surface area (Å²) in [4.78, 5) is 0. The fourth-order valence-corrected chi connectivity index (χ4v) is 2.45. The van der Waals surface area contributed by atoms with E-state index in [4.69, 9.17) is 4.74 Å². The Morgan fingerprint density at radius 2 is 1.75 bits per heavy atom. The molecule has 16 heavy (non-hydrogen) atoms. The standard InChI is InChI=1S/C14H20O2/c1-9-7-12(8-10(2)13(9)16-4)14(3,15)11-5-6-11/h7-8,11,15H,5-6H2,1-4H3. The fourth-order valence-electron chi connectivity index (χ4n) is 2.45. The van der Waals surface area contributed by atoms with Crippen molar-refractivity contribution >= 4 is 0 Å². The second-order valence-corrected chi connectivity index (χ2v) is 5.07. The first-order chi connectivity index (χ1) is 7.46. The van der Waals surface area contributed by atoms with Gasteiger partial charge in [-0.15, -0.1) is 0 Å². The largest absolute Gasteiger partial charge is 0.496 e. The maximum absolute atomic E-state index is 10.5.